The van der Waals surface area contributed by atoms with Crippen LogP contribution in [0.4, 0.5) is 0 Å². The van der Waals surface area contributed by atoms with Crippen LogP contribution in [0.1, 0.15) is 16.1 Å². The molecule has 1 aromatic carbocycles. The molecule has 0 amide bonds. The van der Waals surface area contributed by atoms with E-state index in [9.17, 15) is 4.79 Å². The standard InChI is InChI=1S/C12H12ClNO2/c1-7-12(11(15)6-13)9-5-8(16-2)3-4-10(9)14-7/h3-5,14H,6H2,1-2H3. The van der Waals surface area contributed by atoms with Gasteiger partial charge in [0, 0.05) is 22.2 Å². The first-order valence-electron chi connectivity index (χ1n) is 4.93. The van der Waals surface area contributed by atoms with Crippen LogP contribution in [0.25, 0.3) is 10.9 Å². The van der Waals surface area contributed by atoms with Crippen LogP contribution < -0.4 is 4.74 Å². The highest BCUT2D eigenvalue weighted by molar-refractivity contribution is 6.32. The number of hydrogen-bond acceptors (Lipinski definition) is 2. The lowest BCUT2D eigenvalue weighted by molar-refractivity contribution is 0.102. The Morgan fingerprint density at radius 2 is 2.25 bits per heavy atom. The summed E-state index contributed by atoms with van der Waals surface area (Å²) in [7, 11) is 1.60. The minimum Gasteiger partial charge on any atom is -0.497 e. The summed E-state index contributed by atoms with van der Waals surface area (Å²) in [5.41, 5.74) is 2.42. The predicted molar refractivity (Wildman–Crippen MR) is 64.6 cm³/mol. The molecular weight excluding hydrogens is 226 g/mol. The van der Waals surface area contributed by atoms with Crippen LogP contribution in [0.5, 0.6) is 5.75 Å². The second kappa shape index (κ2) is 4.18. The van der Waals surface area contributed by atoms with E-state index in [0.29, 0.717) is 5.56 Å². The molecule has 0 atom stereocenters. The van der Waals surface area contributed by atoms with Gasteiger partial charge in [-0.25, -0.2) is 0 Å². The smallest absolute Gasteiger partial charge is 0.179 e. The highest BCUT2D eigenvalue weighted by Crippen LogP contribution is 2.26. The molecule has 0 aliphatic rings. The van der Waals surface area contributed by atoms with E-state index in [1.165, 1.54) is 0 Å². The zero-order valence-electron chi connectivity index (χ0n) is 9.13. The number of rotatable bonds is 3. The Labute approximate surface area is 98.4 Å². The van der Waals surface area contributed by atoms with Gasteiger partial charge >= 0.3 is 0 Å². The number of H-pyrrole nitrogens is 1. The van der Waals surface area contributed by atoms with Crippen molar-refractivity contribution in [2.75, 3.05) is 13.0 Å². The molecule has 0 bridgehead atoms. The number of aromatic amines is 1. The fraction of sp³-hybridized carbons (Fsp3) is 0.250. The van der Waals surface area contributed by atoms with Gasteiger partial charge in [0.2, 0.25) is 0 Å². The van der Waals surface area contributed by atoms with Gasteiger partial charge in [-0.05, 0) is 25.1 Å². The lowest BCUT2D eigenvalue weighted by atomic mass is 10.1. The summed E-state index contributed by atoms with van der Waals surface area (Å²) in [4.78, 5) is 14.9. The van der Waals surface area contributed by atoms with Crippen molar-refractivity contribution in [3.8, 4) is 5.75 Å². The maximum Gasteiger partial charge on any atom is 0.179 e. The number of carbonyl (C=O) groups excluding carboxylic acids is 1. The monoisotopic (exact) mass is 237 g/mol. The molecule has 0 fully saturated rings. The lowest BCUT2D eigenvalue weighted by Crippen LogP contribution is -2.01. The summed E-state index contributed by atoms with van der Waals surface area (Å²) >= 11 is 5.59. The molecule has 1 N–H and O–H groups in total. The minimum absolute atomic E-state index is 0.00893. The number of benzene rings is 1. The van der Waals surface area contributed by atoms with E-state index in [1.807, 2.05) is 25.1 Å². The Morgan fingerprint density at radius 3 is 2.88 bits per heavy atom. The first-order chi connectivity index (χ1) is 7.67. The average molecular weight is 238 g/mol. The normalized spacial score (nSPS) is 10.7. The number of fused-ring (bicyclic) bond motifs is 1. The van der Waals surface area contributed by atoms with E-state index in [-0.39, 0.29) is 11.7 Å². The molecule has 0 radical (unpaired) electrons. The van der Waals surface area contributed by atoms with Crippen LogP contribution in [0.3, 0.4) is 0 Å². The topological polar surface area (TPSA) is 42.1 Å². The third kappa shape index (κ3) is 1.67. The van der Waals surface area contributed by atoms with Crippen LogP contribution >= 0.6 is 11.6 Å². The van der Waals surface area contributed by atoms with Crippen molar-refractivity contribution in [2.45, 2.75) is 6.92 Å². The summed E-state index contributed by atoms with van der Waals surface area (Å²) in [6.07, 6.45) is 0. The van der Waals surface area contributed by atoms with Crippen molar-refractivity contribution >= 4 is 28.3 Å². The number of aryl methyl sites for hydroxylation is 1. The molecule has 0 aliphatic carbocycles. The number of ketones is 1. The van der Waals surface area contributed by atoms with Crippen molar-refractivity contribution < 1.29 is 9.53 Å². The quantitative estimate of drug-likeness (QED) is 0.659. The van der Waals surface area contributed by atoms with Crippen molar-refractivity contribution in [1.29, 1.82) is 0 Å². The number of aromatic nitrogens is 1. The molecule has 2 rings (SSSR count). The summed E-state index contributed by atoms with van der Waals surface area (Å²) < 4.78 is 5.14. The lowest BCUT2D eigenvalue weighted by Gasteiger charge is -2.00. The Kier molecular flexibility index (Phi) is 2.88. The van der Waals surface area contributed by atoms with E-state index >= 15 is 0 Å². The molecule has 0 unspecified atom stereocenters. The van der Waals surface area contributed by atoms with E-state index in [4.69, 9.17) is 16.3 Å². The Balaban J connectivity index is 2.70. The van der Waals surface area contributed by atoms with Gasteiger partial charge in [-0.1, -0.05) is 0 Å². The molecule has 1 heterocycles. The molecule has 4 heteroatoms. The number of Topliss-reactive ketones (excluding diaryl/α,β-unsaturated/α-hetero) is 1. The van der Waals surface area contributed by atoms with Crippen molar-refractivity contribution in [1.82, 2.24) is 4.98 Å². The predicted octanol–water partition coefficient (Wildman–Crippen LogP) is 2.91. The van der Waals surface area contributed by atoms with Gasteiger partial charge in [-0.3, -0.25) is 4.79 Å². The highest BCUT2D eigenvalue weighted by Gasteiger charge is 2.15. The van der Waals surface area contributed by atoms with Gasteiger partial charge < -0.3 is 9.72 Å². The summed E-state index contributed by atoms with van der Waals surface area (Å²) in [6, 6.07) is 5.60. The van der Waals surface area contributed by atoms with Gasteiger partial charge in [-0.15, -0.1) is 11.6 Å². The summed E-state index contributed by atoms with van der Waals surface area (Å²) in [5, 5.41) is 0.863. The van der Waals surface area contributed by atoms with Crippen LogP contribution in [0.2, 0.25) is 0 Å². The molecular formula is C12H12ClNO2. The van der Waals surface area contributed by atoms with Crippen molar-refractivity contribution in [2.24, 2.45) is 0 Å². The van der Waals surface area contributed by atoms with Crippen LogP contribution in [0, 0.1) is 6.92 Å². The third-order valence-corrected chi connectivity index (χ3v) is 2.84. The molecule has 1 aromatic heterocycles. The average Bonchev–Trinajstić information content (AvgIpc) is 2.63. The summed E-state index contributed by atoms with van der Waals surface area (Å²) in [5.74, 6) is 0.652. The number of ether oxygens (including phenoxy) is 1. The number of methoxy groups -OCH3 is 1. The second-order valence-corrected chi connectivity index (χ2v) is 3.86. The van der Waals surface area contributed by atoms with Crippen molar-refractivity contribution in [3.05, 3.63) is 29.5 Å². The zero-order valence-corrected chi connectivity index (χ0v) is 9.89. The minimum atomic E-state index is -0.0707. The van der Waals surface area contributed by atoms with Gasteiger partial charge in [-0.2, -0.15) is 0 Å². The van der Waals surface area contributed by atoms with Crippen LogP contribution in [-0.4, -0.2) is 23.8 Å². The summed E-state index contributed by atoms with van der Waals surface area (Å²) in [6.45, 7) is 1.87. The van der Waals surface area contributed by atoms with Gasteiger partial charge in [0.15, 0.2) is 5.78 Å². The molecule has 16 heavy (non-hydrogen) atoms. The Bertz CT molecular complexity index is 545. The molecule has 0 aliphatic heterocycles. The van der Waals surface area contributed by atoms with Gasteiger partial charge in [0.05, 0.1) is 13.0 Å². The third-order valence-electron chi connectivity index (χ3n) is 2.59. The van der Waals surface area contributed by atoms with Crippen LogP contribution in [-0.2, 0) is 0 Å². The fourth-order valence-electron chi connectivity index (χ4n) is 1.86. The Morgan fingerprint density at radius 1 is 1.50 bits per heavy atom. The Hall–Kier alpha value is -1.48. The van der Waals surface area contributed by atoms with Gasteiger partial charge in [0.1, 0.15) is 5.75 Å². The highest BCUT2D eigenvalue weighted by atomic mass is 35.5. The number of alkyl halides is 1. The number of halogens is 1. The number of nitrogens with one attached hydrogen (secondary N) is 1. The maximum atomic E-state index is 11.7. The second-order valence-electron chi connectivity index (χ2n) is 3.59. The first-order valence-corrected chi connectivity index (χ1v) is 5.46. The van der Waals surface area contributed by atoms with Gasteiger partial charge in [0.25, 0.3) is 0 Å². The molecule has 84 valence electrons. The van der Waals surface area contributed by atoms with Crippen LogP contribution in [0.15, 0.2) is 18.2 Å². The molecule has 3 nitrogen and oxygen atoms in total. The first kappa shape index (κ1) is 11.0. The largest absolute Gasteiger partial charge is 0.497 e. The molecule has 0 saturated carbocycles. The van der Waals surface area contributed by atoms with E-state index in [1.54, 1.807) is 7.11 Å². The molecule has 2 aromatic rings. The zero-order chi connectivity index (χ0) is 11.7. The fourth-order valence-corrected chi connectivity index (χ4v) is 1.99. The molecule has 0 saturated heterocycles. The number of carbonyl (C=O) groups is 1. The maximum absolute atomic E-state index is 11.7. The number of hydrogen-bond donors (Lipinski definition) is 1. The van der Waals surface area contributed by atoms with E-state index < -0.39 is 0 Å². The molecule has 0 spiro atoms. The SMILES string of the molecule is COc1ccc2[nH]c(C)c(C(=O)CCl)c2c1. The van der Waals surface area contributed by atoms with E-state index in [0.717, 1.165) is 22.3 Å². The van der Waals surface area contributed by atoms with E-state index in [2.05, 4.69) is 4.98 Å². The van der Waals surface area contributed by atoms with Crippen molar-refractivity contribution in [3.63, 3.8) is 0 Å².